The van der Waals surface area contributed by atoms with Gasteiger partial charge in [-0.05, 0) is 55.8 Å². The standard InChI is InChI=1S/C25H20N2O3/c1-16-6-9-20(10-7-16)27-24(19-5-3-4-17(2)12-19)26-21(25(27)28)13-18-8-11-22-23(14-18)30-15-29-22/h3-14H,15H2,1-2H3/b21-13+. The molecule has 0 aliphatic carbocycles. The number of fused-ring (bicyclic) bond motifs is 1. The van der Waals surface area contributed by atoms with Crippen molar-refractivity contribution >= 4 is 23.5 Å². The zero-order chi connectivity index (χ0) is 20.7. The summed E-state index contributed by atoms with van der Waals surface area (Å²) in [7, 11) is 0. The molecule has 0 saturated carbocycles. The van der Waals surface area contributed by atoms with Gasteiger partial charge < -0.3 is 9.47 Å². The van der Waals surface area contributed by atoms with Gasteiger partial charge in [0, 0.05) is 5.56 Å². The molecule has 5 heteroatoms. The number of amides is 1. The predicted octanol–water partition coefficient (Wildman–Crippen LogP) is 4.87. The van der Waals surface area contributed by atoms with Gasteiger partial charge in [-0.2, -0.15) is 0 Å². The summed E-state index contributed by atoms with van der Waals surface area (Å²) < 4.78 is 10.8. The molecular formula is C25H20N2O3. The predicted molar refractivity (Wildman–Crippen MR) is 117 cm³/mol. The Morgan fingerprint density at radius 1 is 0.900 bits per heavy atom. The van der Waals surface area contributed by atoms with Crippen molar-refractivity contribution in [3.8, 4) is 11.5 Å². The van der Waals surface area contributed by atoms with Gasteiger partial charge in [0.1, 0.15) is 11.5 Å². The Balaban J connectivity index is 1.60. The topological polar surface area (TPSA) is 51.1 Å². The second-order valence-electron chi connectivity index (χ2n) is 7.42. The van der Waals surface area contributed by atoms with Gasteiger partial charge in [-0.25, -0.2) is 4.99 Å². The molecule has 0 aromatic heterocycles. The summed E-state index contributed by atoms with van der Waals surface area (Å²) in [5.41, 5.74) is 5.15. The van der Waals surface area contributed by atoms with E-state index in [4.69, 9.17) is 14.5 Å². The molecular weight excluding hydrogens is 376 g/mol. The molecule has 1 amide bonds. The Kier molecular flexibility index (Phi) is 4.36. The van der Waals surface area contributed by atoms with Gasteiger partial charge >= 0.3 is 0 Å². The molecule has 2 aliphatic rings. The van der Waals surface area contributed by atoms with Gasteiger partial charge in [0.2, 0.25) is 6.79 Å². The second kappa shape index (κ2) is 7.19. The maximum Gasteiger partial charge on any atom is 0.282 e. The van der Waals surface area contributed by atoms with E-state index in [0.717, 1.165) is 27.9 Å². The highest BCUT2D eigenvalue weighted by molar-refractivity contribution is 6.33. The van der Waals surface area contributed by atoms with E-state index in [0.29, 0.717) is 23.0 Å². The molecule has 5 rings (SSSR count). The molecule has 5 nitrogen and oxygen atoms in total. The molecule has 0 atom stereocenters. The summed E-state index contributed by atoms with van der Waals surface area (Å²) in [5, 5.41) is 0. The summed E-state index contributed by atoms with van der Waals surface area (Å²) >= 11 is 0. The van der Waals surface area contributed by atoms with E-state index < -0.39 is 0 Å². The van der Waals surface area contributed by atoms with Crippen LogP contribution in [-0.2, 0) is 4.79 Å². The van der Waals surface area contributed by atoms with Crippen molar-refractivity contribution in [2.24, 2.45) is 4.99 Å². The summed E-state index contributed by atoms with van der Waals surface area (Å²) in [6, 6.07) is 21.5. The lowest BCUT2D eigenvalue weighted by molar-refractivity contribution is -0.113. The lowest BCUT2D eigenvalue weighted by Crippen LogP contribution is -2.32. The minimum absolute atomic E-state index is 0.159. The smallest absolute Gasteiger partial charge is 0.282 e. The Bertz CT molecular complexity index is 1210. The number of rotatable bonds is 3. The summed E-state index contributed by atoms with van der Waals surface area (Å²) in [4.78, 5) is 19.8. The molecule has 0 radical (unpaired) electrons. The quantitative estimate of drug-likeness (QED) is 0.594. The average Bonchev–Trinajstić information content (AvgIpc) is 3.33. The first-order valence-corrected chi connectivity index (χ1v) is 9.77. The fourth-order valence-electron chi connectivity index (χ4n) is 3.59. The van der Waals surface area contributed by atoms with Gasteiger partial charge in [-0.1, -0.05) is 47.5 Å². The third-order valence-electron chi connectivity index (χ3n) is 5.13. The third kappa shape index (κ3) is 3.24. The molecule has 148 valence electrons. The van der Waals surface area contributed by atoms with Crippen LogP contribution in [0.5, 0.6) is 11.5 Å². The van der Waals surface area contributed by atoms with Gasteiger partial charge in [0.05, 0.1) is 5.69 Å². The molecule has 0 saturated heterocycles. The van der Waals surface area contributed by atoms with Crippen molar-refractivity contribution < 1.29 is 14.3 Å². The Labute approximate surface area is 174 Å². The van der Waals surface area contributed by atoms with E-state index in [9.17, 15) is 4.79 Å². The molecule has 0 spiro atoms. The first-order chi connectivity index (χ1) is 14.6. The van der Waals surface area contributed by atoms with Crippen LogP contribution in [0.3, 0.4) is 0 Å². The minimum atomic E-state index is -0.159. The van der Waals surface area contributed by atoms with E-state index in [1.807, 2.05) is 80.6 Å². The molecule has 0 fully saturated rings. The number of amidine groups is 1. The maximum atomic E-state index is 13.4. The largest absolute Gasteiger partial charge is 0.454 e. The molecule has 0 bridgehead atoms. The number of ether oxygens (including phenoxy) is 2. The molecule has 2 heterocycles. The monoisotopic (exact) mass is 396 g/mol. The lowest BCUT2D eigenvalue weighted by Gasteiger charge is -2.19. The normalized spacial score (nSPS) is 16.3. The SMILES string of the molecule is Cc1ccc(N2C(=O)/C(=C\c3ccc4c(c3)OCO4)N=C2c2cccc(C)c2)cc1. The molecule has 3 aromatic carbocycles. The lowest BCUT2D eigenvalue weighted by atomic mass is 10.1. The van der Waals surface area contributed by atoms with Crippen LogP contribution in [0.1, 0.15) is 22.3 Å². The maximum absolute atomic E-state index is 13.4. The number of anilines is 1. The number of benzene rings is 3. The van der Waals surface area contributed by atoms with E-state index in [2.05, 4.69) is 0 Å². The first kappa shape index (κ1) is 18.2. The number of carbonyl (C=O) groups excluding carboxylic acids is 1. The van der Waals surface area contributed by atoms with Crippen LogP contribution >= 0.6 is 0 Å². The highest BCUT2D eigenvalue weighted by Crippen LogP contribution is 2.34. The second-order valence-corrected chi connectivity index (χ2v) is 7.42. The van der Waals surface area contributed by atoms with Crippen LogP contribution in [0, 0.1) is 13.8 Å². The van der Waals surface area contributed by atoms with E-state index in [-0.39, 0.29) is 12.7 Å². The van der Waals surface area contributed by atoms with Gasteiger partial charge in [0.15, 0.2) is 11.5 Å². The van der Waals surface area contributed by atoms with Crippen molar-refractivity contribution in [1.82, 2.24) is 0 Å². The number of hydrogen-bond donors (Lipinski definition) is 0. The number of nitrogens with zero attached hydrogens (tertiary/aromatic N) is 2. The molecule has 30 heavy (non-hydrogen) atoms. The zero-order valence-electron chi connectivity index (χ0n) is 16.8. The van der Waals surface area contributed by atoms with Crippen LogP contribution in [0.25, 0.3) is 6.08 Å². The summed E-state index contributed by atoms with van der Waals surface area (Å²) in [5.74, 6) is 1.85. The number of aryl methyl sites for hydroxylation is 2. The van der Waals surface area contributed by atoms with E-state index in [1.165, 1.54) is 0 Å². The van der Waals surface area contributed by atoms with Crippen molar-refractivity contribution in [3.63, 3.8) is 0 Å². The van der Waals surface area contributed by atoms with E-state index in [1.54, 1.807) is 11.0 Å². The van der Waals surface area contributed by atoms with E-state index >= 15 is 0 Å². The fourth-order valence-corrected chi connectivity index (χ4v) is 3.59. The highest BCUT2D eigenvalue weighted by atomic mass is 16.7. The Hall–Kier alpha value is -3.86. The minimum Gasteiger partial charge on any atom is -0.454 e. The number of carbonyl (C=O) groups is 1. The van der Waals surface area contributed by atoms with Crippen LogP contribution in [0.4, 0.5) is 5.69 Å². The van der Waals surface area contributed by atoms with Gasteiger partial charge in [-0.3, -0.25) is 9.69 Å². The number of hydrogen-bond acceptors (Lipinski definition) is 4. The Morgan fingerprint density at radius 2 is 1.70 bits per heavy atom. The molecule has 0 unspecified atom stereocenters. The summed E-state index contributed by atoms with van der Waals surface area (Å²) in [6.07, 6.45) is 1.79. The van der Waals surface area contributed by atoms with Crippen LogP contribution in [0.2, 0.25) is 0 Å². The van der Waals surface area contributed by atoms with Gasteiger partial charge in [-0.15, -0.1) is 0 Å². The van der Waals surface area contributed by atoms with Crippen molar-refractivity contribution in [1.29, 1.82) is 0 Å². The fraction of sp³-hybridized carbons (Fsp3) is 0.120. The zero-order valence-corrected chi connectivity index (χ0v) is 16.8. The highest BCUT2D eigenvalue weighted by Gasteiger charge is 2.32. The van der Waals surface area contributed by atoms with Gasteiger partial charge in [0.25, 0.3) is 5.91 Å². The summed E-state index contributed by atoms with van der Waals surface area (Å²) in [6.45, 7) is 4.27. The van der Waals surface area contributed by atoms with Crippen molar-refractivity contribution in [2.45, 2.75) is 13.8 Å². The number of aliphatic imine (C=N–C) groups is 1. The van der Waals surface area contributed by atoms with Crippen molar-refractivity contribution in [2.75, 3.05) is 11.7 Å². The molecule has 2 aliphatic heterocycles. The van der Waals surface area contributed by atoms with Crippen LogP contribution in [-0.4, -0.2) is 18.5 Å². The Morgan fingerprint density at radius 3 is 2.50 bits per heavy atom. The van der Waals surface area contributed by atoms with Crippen molar-refractivity contribution in [3.05, 3.63) is 94.7 Å². The van der Waals surface area contributed by atoms with Crippen LogP contribution < -0.4 is 14.4 Å². The molecule has 0 N–H and O–H groups in total. The first-order valence-electron chi connectivity index (χ1n) is 9.77. The van der Waals surface area contributed by atoms with Crippen LogP contribution in [0.15, 0.2) is 77.4 Å². The average molecular weight is 396 g/mol. The molecule has 3 aromatic rings. The third-order valence-corrected chi connectivity index (χ3v) is 5.13.